The van der Waals surface area contributed by atoms with E-state index in [2.05, 4.69) is 48.7 Å². The highest BCUT2D eigenvalue weighted by Gasteiger charge is 2.16. The molecule has 0 unspecified atom stereocenters. The van der Waals surface area contributed by atoms with Crippen molar-refractivity contribution in [2.45, 2.75) is 39.8 Å². The largest absolute Gasteiger partial charge is 0.325 e. The number of benzene rings is 1. The van der Waals surface area contributed by atoms with Crippen LogP contribution in [0.1, 0.15) is 36.6 Å². The Morgan fingerprint density at radius 2 is 1.17 bits per heavy atom. The zero-order valence-corrected chi connectivity index (χ0v) is 26.3. The first-order valence-corrected chi connectivity index (χ1v) is 15.5. The van der Waals surface area contributed by atoms with Gasteiger partial charge in [0.15, 0.2) is 5.82 Å². The molecule has 7 heterocycles. The van der Waals surface area contributed by atoms with Gasteiger partial charge in [-0.2, -0.15) is 4.39 Å². The second kappa shape index (κ2) is 13.3. The standard InChI is InChI=1S/C18H16FN5.C17H15FN6/c1-2-16-15(22-18-21-7-4-9-24(16)18)12-23-10-8-20-17(23)13-5-3-6-14(19)11-13;1-2-14-13(22-17-20-7-4-9-24(14)17)11-23-10-8-19-16(23)12-5-3-6-15(18)21-12/h3-11H,2,12H2,1H3;3-10H,2,11H2,1H3. The van der Waals surface area contributed by atoms with Crippen LogP contribution in [0.15, 0.2) is 104 Å². The summed E-state index contributed by atoms with van der Waals surface area (Å²) in [5.41, 5.74) is 5.35. The third kappa shape index (κ3) is 6.05. The second-order valence-electron chi connectivity index (χ2n) is 10.9. The van der Waals surface area contributed by atoms with Gasteiger partial charge in [-0.05, 0) is 49.2 Å². The Morgan fingerprint density at radius 1 is 0.583 bits per heavy atom. The molecule has 0 aliphatic rings. The first kappa shape index (κ1) is 30.5. The van der Waals surface area contributed by atoms with E-state index < -0.39 is 5.95 Å². The van der Waals surface area contributed by atoms with Crippen molar-refractivity contribution in [3.63, 3.8) is 0 Å². The van der Waals surface area contributed by atoms with Gasteiger partial charge in [0.25, 0.3) is 0 Å². The fourth-order valence-electron chi connectivity index (χ4n) is 5.81. The van der Waals surface area contributed by atoms with Crippen molar-refractivity contribution in [3.8, 4) is 22.9 Å². The van der Waals surface area contributed by atoms with Gasteiger partial charge in [0, 0.05) is 66.5 Å². The lowest BCUT2D eigenvalue weighted by atomic mass is 10.2. The molecule has 0 bridgehead atoms. The van der Waals surface area contributed by atoms with Gasteiger partial charge in [-0.15, -0.1) is 0 Å². The molecule has 1 aromatic carbocycles. The smallest absolute Gasteiger partial charge is 0.234 e. The number of hydrogen-bond donors (Lipinski definition) is 0. The quantitative estimate of drug-likeness (QED) is 0.185. The lowest BCUT2D eigenvalue weighted by molar-refractivity contribution is 0.584. The molecule has 0 radical (unpaired) electrons. The van der Waals surface area contributed by atoms with Crippen LogP contribution >= 0.6 is 0 Å². The molecule has 8 rings (SSSR count). The number of aromatic nitrogens is 11. The van der Waals surface area contributed by atoms with E-state index in [0.717, 1.165) is 47.0 Å². The molecule has 0 N–H and O–H groups in total. The summed E-state index contributed by atoms with van der Waals surface area (Å²) in [7, 11) is 0. The van der Waals surface area contributed by atoms with E-state index in [9.17, 15) is 8.78 Å². The van der Waals surface area contributed by atoms with Crippen LogP contribution in [-0.2, 0) is 25.9 Å². The number of halogens is 2. The van der Waals surface area contributed by atoms with Crippen molar-refractivity contribution in [1.29, 1.82) is 0 Å². The fraction of sp³-hybridized carbons (Fsp3) is 0.171. The average Bonchev–Trinajstić information content (AvgIpc) is 3.90. The summed E-state index contributed by atoms with van der Waals surface area (Å²) in [6.07, 6.45) is 16.2. The minimum Gasteiger partial charge on any atom is -0.325 e. The van der Waals surface area contributed by atoms with Gasteiger partial charge >= 0.3 is 0 Å². The second-order valence-corrected chi connectivity index (χ2v) is 10.9. The van der Waals surface area contributed by atoms with Crippen LogP contribution in [0.5, 0.6) is 0 Å². The Balaban J connectivity index is 0.000000152. The van der Waals surface area contributed by atoms with Crippen molar-refractivity contribution in [3.05, 3.63) is 139 Å². The SMILES string of the molecule is CCc1c(Cn2ccnc2-c2cccc(F)c2)nc2ncccn12.CCc1c(Cn2ccnc2-c2cccc(F)n2)nc2ncccn12. The number of fused-ring (bicyclic) bond motifs is 2. The molecule has 0 aliphatic heterocycles. The van der Waals surface area contributed by atoms with E-state index in [1.807, 2.05) is 60.9 Å². The molecule has 0 aliphatic carbocycles. The molecule has 0 amide bonds. The number of hydrogen-bond acceptors (Lipinski definition) is 7. The van der Waals surface area contributed by atoms with E-state index in [-0.39, 0.29) is 5.82 Å². The van der Waals surface area contributed by atoms with Crippen molar-refractivity contribution >= 4 is 11.6 Å². The summed E-state index contributed by atoms with van der Waals surface area (Å²) in [6, 6.07) is 14.9. The minimum absolute atomic E-state index is 0.270. The van der Waals surface area contributed by atoms with Crippen LogP contribution in [0, 0.1) is 11.8 Å². The van der Waals surface area contributed by atoms with Crippen LogP contribution in [0.4, 0.5) is 8.78 Å². The van der Waals surface area contributed by atoms with Crippen LogP contribution < -0.4 is 0 Å². The lowest BCUT2D eigenvalue weighted by Crippen LogP contribution is -2.05. The number of aryl methyl sites for hydroxylation is 2. The van der Waals surface area contributed by atoms with Crippen molar-refractivity contribution in [2.75, 3.05) is 0 Å². The van der Waals surface area contributed by atoms with Gasteiger partial charge in [-0.1, -0.05) is 32.0 Å². The number of imidazole rings is 4. The Hall–Kier alpha value is -6.11. The molecule has 0 spiro atoms. The third-order valence-electron chi connectivity index (χ3n) is 7.94. The Kier molecular flexibility index (Phi) is 8.47. The summed E-state index contributed by atoms with van der Waals surface area (Å²) in [5, 5.41) is 0. The van der Waals surface area contributed by atoms with Gasteiger partial charge in [0.05, 0.1) is 24.5 Å². The topological polar surface area (TPSA) is 109 Å². The third-order valence-corrected chi connectivity index (χ3v) is 7.94. The summed E-state index contributed by atoms with van der Waals surface area (Å²) in [4.78, 5) is 30.5. The summed E-state index contributed by atoms with van der Waals surface area (Å²) >= 11 is 0. The van der Waals surface area contributed by atoms with Crippen LogP contribution in [0.25, 0.3) is 34.5 Å². The highest BCUT2D eigenvalue weighted by molar-refractivity contribution is 5.55. The van der Waals surface area contributed by atoms with Crippen molar-refractivity contribution < 1.29 is 8.78 Å². The lowest BCUT2D eigenvalue weighted by Gasteiger charge is -2.08. The van der Waals surface area contributed by atoms with Crippen LogP contribution in [0.2, 0.25) is 0 Å². The van der Waals surface area contributed by atoms with Crippen LogP contribution in [0.3, 0.4) is 0 Å². The number of pyridine rings is 1. The van der Waals surface area contributed by atoms with E-state index in [1.165, 1.54) is 18.2 Å². The molecule has 48 heavy (non-hydrogen) atoms. The minimum atomic E-state index is -0.520. The monoisotopic (exact) mass is 643 g/mol. The molecule has 8 aromatic rings. The summed E-state index contributed by atoms with van der Waals surface area (Å²) < 4.78 is 34.8. The van der Waals surface area contributed by atoms with Crippen LogP contribution in [-0.4, -0.2) is 52.8 Å². The van der Waals surface area contributed by atoms with Gasteiger partial charge in [-0.3, -0.25) is 8.80 Å². The molecule has 13 heteroatoms. The Bertz CT molecular complexity index is 2170. The van der Waals surface area contributed by atoms with E-state index in [0.29, 0.717) is 36.2 Å². The van der Waals surface area contributed by atoms with Gasteiger partial charge in [0.2, 0.25) is 17.5 Å². The first-order valence-electron chi connectivity index (χ1n) is 15.5. The van der Waals surface area contributed by atoms with Crippen molar-refractivity contribution in [1.82, 2.24) is 52.8 Å². The summed E-state index contributed by atoms with van der Waals surface area (Å²) in [5.74, 6) is 1.91. The molecule has 0 saturated heterocycles. The average molecular weight is 644 g/mol. The summed E-state index contributed by atoms with van der Waals surface area (Å²) in [6.45, 7) is 5.28. The predicted octanol–water partition coefficient (Wildman–Crippen LogP) is 6.08. The maximum atomic E-state index is 13.5. The highest BCUT2D eigenvalue weighted by atomic mass is 19.1. The van der Waals surface area contributed by atoms with E-state index in [4.69, 9.17) is 0 Å². The highest BCUT2D eigenvalue weighted by Crippen LogP contribution is 2.22. The van der Waals surface area contributed by atoms with E-state index >= 15 is 0 Å². The fourth-order valence-corrected chi connectivity index (χ4v) is 5.81. The van der Waals surface area contributed by atoms with Gasteiger partial charge in [0.1, 0.15) is 17.3 Å². The molecule has 0 saturated carbocycles. The molecule has 7 aromatic heterocycles. The van der Waals surface area contributed by atoms with Crippen molar-refractivity contribution in [2.24, 2.45) is 0 Å². The maximum Gasteiger partial charge on any atom is 0.234 e. The Morgan fingerprint density at radius 3 is 1.75 bits per heavy atom. The number of rotatable bonds is 8. The molecular formula is C35H31F2N11. The van der Waals surface area contributed by atoms with Gasteiger partial charge in [-0.25, -0.2) is 39.3 Å². The van der Waals surface area contributed by atoms with E-state index in [1.54, 1.807) is 43.0 Å². The maximum absolute atomic E-state index is 13.5. The molecule has 240 valence electrons. The zero-order valence-electron chi connectivity index (χ0n) is 26.3. The molecule has 11 nitrogen and oxygen atoms in total. The predicted molar refractivity (Wildman–Crippen MR) is 176 cm³/mol. The molecule has 0 fully saturated rings. The van der Waals surface area contributed by atoms with Gasteiger partial charge < -0.3 is 9.13 Å². The molecule has 0 atom stereocenters. The zero-order chi connectivity index (χ0) is 33.0. The Labute approximate surface area is 274 Å². The first-order chi connectivity index (χ1) is 23.5. The molecular weight excluding hydrogens is 612 g/mol. The number of nitrogens with zero attached hydrogens (tertiary/aromatic N) is 11. The normalized spacial score (nSPS) is 11.2.